The number of amides is 1. The van der Waals surface area contributed by atoms with E-state index in [4.69, 9.17) is 5.73 Å². The molecule has 0 bridgehead atoms. The molecule has 0 unspecified atom stereocenters. The number of nitrogens with zero attached hydrogens (tertiary/aromatic N) is 3. The van der Waals surface area contributed by atoms with Gasteiger partial charge >= 0.3 is 0 Å². The van der Waals surface area contributed by atoms with Gasteiger partial charge in [-0.3, -0.25) is 14.2 Å². The van der Waals surface area contributed by atoms with Crippen molar-refractivity contribution in [3.8, 4) is 0 Å². The number of carbonyl (C=O) groups is 1. The van der Waals surface area contributed by atoms with E-state index in [0.717, 1.165) is 31.0 Å². The fraction of sp³-hybridized carbons (Fsp3) is 0.389. The van der Waals surface area contributed by atoms with E-state index in [1.807, 2.05) is 0 Å². The molecular formula is C18H19F3N4O2. The molecule has 2 N–H and O–H groups in total. The fourth-order valence-corrected chi connectivity index (χ4v) is 3.13. The Morgan fingerprint density at radius 1 is 1.30 bits per heavy atom. The molecule has 1 aromatic carbocycles. The van der Waals surface area contributed by atoms with E-state index in [1.54, 1.807) is 19.0 Å². The molecule has 1 heterocycles. The molecule has 0 spiro atoms. The zero-order chi connectivity index (χ0) is 19.9. The van der Waals surface area contributed by atoms with Gasteiger partial charge in [-0.25, -0.2) is 18.2 Å². The molecule has 6 nitrogen and oxygen atoms in total. The second-order valence-electron chi connectivity index (χ2n) is 6.77. The van der Waals surface area contributed by atoms with Crippen molar-refractivity contribution in [3.05, 3.63) is 57.3 Å². The Kier molecular flexibility index (Phi) is 4.95. The summed E-state index contributed by atoms with van der Waals surface area (Å²) in [7, 11) is 3.29. The van der Waals surface area contributed by atoms with Crippen LogP contribution in [-0.4, -0.2) is 29.6 Å². The first kappa shape index (κ1) is 18.9. The van der Waals surface area contributed by atoms with Crippen molar-refractivity contribution in [1.82, 2.24) is 9.55 Å². The molecule has 1 atom stereocenters. The molecule has 0 radical (unpaired) electrons. The number of primary amides is 1. The van der Waals surface area contributed by atoms with E-state index >= 15 is 0 Å². The molecule has 1 fully saturated rings. The molecule has 9 heteroatoms. The van der Waals surface area contributed by atoms with Gasteiger partial charge in [-0.05, 0) is 30.4 Å². The van der Waals surface area contributed by atoms with Gasteiger partial charge in [0.05, 0.1) is 11.6 Å². The number of carbonyl (C=O) groups excluding carboxylic acids is 1. The highest BCUT2D eigenvalue weighted by Crippen LogP contribution is 2.44. The van der Waals surface area contributed by atoms with Crippen LogP contribution in [0.5, 0.6) is 0 Å². The van der Waals surface area contributed by atoms with Gasteiger partial charge in [-0.1, -0.05) is 12.1 Å². The largest absolute Gasteiger partial charge is 0.364 e. The lowest BCUT2D eigenvalue weighted by Gasteiger charge is -2.26. The number of rotatable bonds is 6. The Morgan fingerprint density at radius 3 is 2.44 bits per heavy atom. The lowest BCUT2D eigenvalue weighted by molar-refractivity contribution is 0.0995. The normalized spacial score (nSPS) is 15.0. The first-order valence-corrected chi connectivity index (χ1v) is 8.39. The quantitative estimate of drug-likeness (QED) is 0.835. The smallest absolute Gasteiger partial charge is 0.267 e. The second-order valence-corrected chi connectivity index (χ2v) is 6.77. The van der Waals surface area contributed by atoms with Crippen LogP contribution in [-0.2, 0) is 0 Å². The van der Waals surface area contributed by atoms with E-state index in [2.05, 4.69) is 4.98 Å². The molecule has 3 rings (SSSR count). The van der Waals surface area contributed by atoms with E-state index in [-0.39, 0.29) is 17.6 Å². The van der Waals surface area contributed by atoms with Crippen molar-refractivity contribution in [2.45, 2.75) is 25.3 Å². The van der Waals surface area contributed by atoms with Crippen LogP contribution in [0.25, 0.3) is 0 Å². The lowest BCUT2D eigenvalue weighted by Crippen LogP contribution is -2.34. The van der Waals surface area contributed by atoms with Gasteiger partial charge in [0.2, 0.25) is 5.95 Å². The summed E-state index contributed by atoms with van der Waals surface area (Å²) in [5.74, 6) is -1.63. The van der Waals surface area contributed by atoms with E-state index in [1.165, 1.54) is 10.6 Å². The number of benzene rings is 1. The minimum Gasteiger partial charge on any atom is -0.364 e. The number of hydrogen-bond donors (Lipinski definition) is 1. The second kappa shape index (κ2) is 7.05. The molecule has 0 aliphatic heterocycles. The van der Waals surface area contributed by atoms with Crippen LogP contribution in [0.2, 0.25) is 0 Å². The molecule has 2 aromatic rings. The third kappa shape index (κ3) is 3.67. The number of halogens is 3. The summed E-state index contributed by atoms with van der Waals surface area (Å²) < 4.78 is 41.2. The average Bonchev–Trinajstić information content (AvgIpc) is 3.40. The van der Waals surface area contributed by atoms with Gasteiger partial charge in [0, 0.05) is 20.2 Å². The minimum absolute atomic E-state index is 0.0411. The van der Waals surface area contributed by atoms with Gasteiger partial charge in [0.1, 0.15) is 11.5 Å². The summed E-state index contributed by atoms with van der Waals surface area (Å²) in [5.41, 5.74) is 4.27. The summed E-state index contributed by atoms with van der Waals surface area (Å²) in [5, 5.41) is 0. The maximum absolute atomic E-state index is 14.1. The third-order valence-electron chi connectivity index (χ3n) is 4.53. The Morgan fingerprint density at radius 2 is 1.96 bits per heavy atom. The van der Waals surface area contributed by atoms with Gasteiger partial charge < -0.3 is 10.6 Å². The predicted octanol–water partition coefficient (Wildman–Crippen LogP) is 2.48. The van der Waals surface area contributed by atoms with Crippen LogP contribution in [0.15, 0.2) is 29.1 Å². The number of hydrogen-bond acceptors (Lipinski definition) is 4. The Bertz CT molecular complexity index is 939. The summed E-state index contributed by atoms with van der Waals surface area (Å²) >= 11 is 0. The zero-order valence-corrected chi connectivity index (χ0v) is 14.8. The summed E-state index contributed by atoms with van der Waals surface area (Å²) in [6, 6.07) is 3.94. The van der Waals surface area contributed by atoms with Crippen LogP contribution in [0.3, 0.4) is 0 Å². The van der Waals surface area contributed by atoms with Gasteiger partial charge in [0.15, 0.2) is 0 Å². The molecule has 1 aliphatic rings. The van der Waals surface area contributed by atoms with Crippen molar-refractivity contribution in [2.24, 2.45) is 11.7 Å². The monoisotopic (exact) mass is 380 g/mol. The molecule has 27 heavy (non-hydrogen) atoms. The van der Waals surface area contributed by atoms with Crippen molar-refractivity contribution < 1.29 is 18.0 Å². The number of anilines is 1. The first-order valence-electron chi connectivity index (χ1n) is 8.39. The summed E-state index contributed by atoms with van der Waals surface area (Å²) in [6.07, 6.45) is -1.31. The van der Waals surface area contributed by atoms with E-state index in [9.17, 15) is 22.8 Å². The zero-order valence-electron chi connectivity index (χ0n) is 14.8. The standard InChI is InChI=1S/C18H19F3N4O2/c1-24(2)18-23-13(17(22)27)8-14(26)25(18)15(9-3-4-9)10-5-6-11(16(20)21)12(19)7-10/h5-9,15-16H,3-4H2,1-2H3,(H2,22,27)/t15-/m1/s1. The Hall–Kier alpha value is -2.84. The van der Waals surface area contributed by atoms with E-state index in [0.29, 0.717) is 5.56 Å². The molecule has 0 saturated heterocycles. The van der Waals surface area contributed by atoms with Crippen molar-refractivity contribution in [3.63, 3.8) is 0 Å². The first-order chi connectivity index (χ1) is 12.7. The number of nitrogens with two attached hydrogens (primary N) is 1. The molecule has 1 aliphatic carbocycles. The third-order valence-corrected chi connectivity index (χ3v) is 4.53. The summed E-state index contributed by atoms with van der Waals surface area (Å²) in [6.45, 7) is 0. The molecule has 1 aromatic heterocycles. The topological polar surface area (TPSA) is 81.2 Å². The fourth-order valence-electron chi connectivity index (χ4n) is 3.13. The Balaban J connectivity index is 2.18. The van der Waals surface area contributed by atoms with Gasteiger partial charge in [0.25, 0.3) is 17.9 Å². The molecule has 1 amide bonds. The van der Waals surface area contributed by atoms with Crippen LogP contribution in [0, 0.1) is 11.7 Å². The highest BCUT2D eigenvalue weighted by Gasteiger charge is 2.37. The van der Waals surface area contributed by atoms with Crippen LogP contribution in [0.1, 0.15) is 46.9 Å². The number of alkyl halides is 2. The van der Waals surface area contributed by atoms with Crippen molar-refractivity contribution in [2.75, 3.05) is 19.0 Å². The van der Waals surface area contributed by atoms with Gasteiger partial charge in [-0.15, -0.1) is 0 Å². The summed E-state index contributed by atoms with van der Waals surface area (Å²) in [4.78, 5) is 29.9. The van der Waals surface area contributed by atoms with Gasteiger partial charge in [-0.2, -0.15) is 0 Å². The van der Waals surface area contributed by atoms with Crippen LogP contribution in [0.4, 0.5) is 19.1 Å². The number of aromatic nitrogens is 2. The maximum atomic E-state index is 14.1. The van der Waals surface area contributed by atoms with Crippen LogP contribution >= 0.6 is 0 Å². The highest BCUT2D eigenvalue weighted by molar-refractivity contribution is 5.90. The lowest BCUT2D eigenvalue weighted by atomic mass is 10.00. The molecular weight excluding hydrogens is 361 g/mol. The highest BCUT2D eigenvalue weighted by atomic mass is 19.3. The van der Waals surface area contributed by atoms with Crippen molar-refractivity contribution in [1.29, 1.82) is 0 Å². The SMILES string of the molecule is CN(C)c1nc(C(N)=O)cc(=O)n1[C@@H](c1ccc(C(F)F)c(F)c1)C1CC1. The molecule has 144 valence electrons. The Labute approximate surface area is 153 Å². The van der Waals surface area contributed by atoms with E-state index < -0.39 is 35.3 Å². The van der Waals surface area contributed by atoms with Crippen LogP contribution < -0.4 is 16.2 Å². The minimum atomic E-state index is -2.92. The van der Waals surface area contributed by atoms with Crippen molar-refractivity contribution >= 4 is 11.9 Å². The molecule has 1 saturated carbocycles. The predicted molar refractivity (Wildman–Crippen MR) is 93.6 cm³/mol. The maximum Gasteiger partial charge on any atom is 0.267 e. The average molecular weight is 380 g/mol.